The summed E-state index contributed by atoms with van der Waals surface area (Å²) in [6.45, 7) is 0. The van der Waals surface area contributed by atoms with Crippen LogP contribution in [0.15, 0.2) is 48.8 Å². The van der Waals surface area contributed by atoms with E-state index < -0.39 is 0 Å². The van der Waals surface area contributed by atoms with Gasteiger partial charge in [0.2, 0.25) is 0 Å². The topological polar surface area (TPSA) is 30.7 Å². The molecule has 3 nitrogen and oxygen atoms in total. The third kappa shape index (κ3) is 1.47. The van der Waals surface area contributed by atoms with Crippen LogP contribution in [-0.4, -0.2) is 32.1 Å². The molecule has 3 aromatic rings. The standard InChI is InChI=1S/C12H8N3.Ga/c1-2-6-13-9(4-1)12-8-11-10(15-12)5-3-7-14-11;/h1-8H;/q-1;+1. The molecule has 0 saturated heterocycles. The van der Waals surface area contributed by atoms with E-state index in [2.05, 4.69) is 25.4 Å². The maximum absolute atomic E-state index is 4.37. The molecule has 3 heterocycles. The number of hydrogen-bond donors (Lipinski definition) is 0. The zero-order valence-corrected chi connectivity index (χ0v) is 11.0. The van der Waals surface area contributed by atoms with E-state index in [4.69, 9.17) is 0 Å². The van der Waals surface area contributed by atoms with Crippen LogP contribution in [0.4, 0.5) is 0 Å². The van der Waals surface area contributed by atoms with Gasteiger partial charge in [-0.2, -0.15) is 0 Å². The molecule has 0 aliphatic heterocycles. The first kappa shape index (κ1) is 9.68. The van der Waals surface area contributed by atoms with Crippen LogP contribution in [0, 0.1) is 0 Å². The van der Waals surface area contributed by atoms with E-state index in [0.29, 0.717) is 0 Å². The molecular formula is C12H8GaN3. The number of hydrogen-bond acceptors (Lipinski definition) is 2. The van der Waals surface area contributed by atoms with Crippen molar-refractivity contribution in [3.8, 4) is 11.4 Å². The molecule has 3 aromatic heterocycles. The van der Waals surface area contributed by atoms with Crippen molar-refractivity contribution < 1.29 is 0 Å². The summed E-state index contributed by atoms with van der Waals surface area (Å²) >= 11 is 1.54. The summed E-state index contributed by atoms with van der Waals surface area (Å²) < 4.78 is 2.18. The second-order valence-electron chi connectivity index (χ2n) is 3.52. The van der Waals surface area contributed by atoms with Gasteiger partial charge in [0.25, 0.3) is 0 Å². The van der Waals surface area contributed by atoms with Crippen LogP contribution in [0.2, 0.25) is 0 Å². The van der Waals surface area contributed by atoms with E-state index in [1.807, 2.05) is 36.7 Å². The number of aromatic nitrogens is 3. The summed E-state index contributed by atoms with van der Waals surface area (Å²) in [5.74, 6) is 0. The average molecular weight is 264 g/mol. The molecule has 0 atom stereocenters. The maximum atomic E-state index is 4.37. The van der Waals surface area contributed by atoms with Gasteiger partial charge in [0, 0.05) is 0 Å². The Morgan fingerprint density at radius 3 is 2.62 bits per heavy atom. The average Bonchev–Trinajstić information content (AvgIpc) is 2.69. The minimum absolute atomic E-state index is 0.991. The molecule has 3 rings (SSSR count). The fourth-order valence-electron chi connectivity index (χ4n) is 1.76. The van der Waals surface area contributed by atoms with Gasteiger partial charge in [0.05, 0.1) is 0 Å². The van der Waals surface area contributed by atoms with Crippen LogP contribution < -0.4 is 0 Å². The summed E-state index contributed by atoms with van der Waals surface area (Å²) in [4.78, 5) is 8.72. The molecule has 4 heteroatoms. The molecule has 0 fully saturated rings. The summed E-state index contributed by atoms with van der Waals surface area (Å²) in [5, 5.41) is 0. The van der Waals surface area contributed by atoms with E-state index in [1.165, 1.54) is 18.8 Å². The molecule has 0 amide bonds. The molecule has 0 unspecified atom stereocenters. The minimum atomic E-state index is 0.991. The molecule has 2 radical (unpaired) electrons. The van der Waals surface area contributed by atoms with Crippen LogP contribution in [0.1, 0.15) is 0 Å². The van der Waals surface area contributed by atoms with Gasteiger partial charge in [-0.3, -0.25) is 0 Å². The molecule has 0 aliphatic carbocycles. The summed E-state index contributed by atoms with van der Waals surface area (Å²) in [6.07, 6.45) is 3.63. The Morgan fingerprint density at radius 2 is 1.88 bits per heavy atom. The van der Waals surface area contributed by atoms with E-state index in [-0.39, 0.29) is 0 Å². The zero-order chi connectivity index (χ0) is 11.0. The Morgan fingerprint density at radius 1 is 1.00 bits per heavy atom. The number of pyridine rings is 2. The van der Waals surface area contributed by atoms with Crippen molar-refractivity contribution in [1.29, 1.82) is 0 Å². The van der Waals surface area contributed by atoms with Crippen molar-refractivity contribution in [1.82, 2.24) is 13.2 Å². The van der Waals surface area contributed by atoms with E-state index in [0.717, 1.165) is 22.4 Å². The number of rotatable bonds is 1. The first-order valence-electron chi connectivity index (χ1n) is 4.99. The second-order valence-corrected chi connectivity index (χ2v) is 4.61. The summed E-state index contributed by atoms with van der Waals surface area (Å²) in [7, 11) is 0. The molecular weight excluding hydrogens is 256 g/mol. The second kappa shape index (κ2) is 3.81. The Hall–Kier alpha value is -1.52. The molecule has 0 aliphatic rings. The molecule has 0 spiro atoms. The van der Waals surface area contributed by atoms with Gasteiger partial charge in [0.1, 0.15) is 0 Å². The van der Waals surface area contributed by atoms with Crippen molar-refractivity contribution in [3.05, 3.63) is 48.8 Å². The molecule has 0 aromatic carbocycles. The fraction of sp³-hybridized carbons (Fsp3) is 0. The molecule has 0 saturated carbocycles. The van der Waals surface area contributed by atoms with Crippen molar-refractivity contribution >= 4 is 29.9 Å². The Kier molecular flexibility index (Phi) is 2.30. The quantitative estimate of drug-likeness (QED) is 0.629. The van der Waals surface area contributed by atoms with Crippen LogP contribution >= 0.6 is 0 Å². The van der Waals surface area contributed by atoms with Crippen molar-refractivity contribution in [2.75, 3.05) is 0 Å². The fourth-order valence-corrected chi connectivity index (χ4v) is 2.66. The van der Waals surface area contributed by atoms with Crippen molar-refractivity contribution in [2.45, 2.75) is 0 Å². The van der Waals surface area contributed by atoms with Gasteiger partial charge in [0.15, 0.2) is 0 Å². The predicted molar refractivity (Wildman–Crippen MR) is 64.1 cm³/mol. The van der Waals surface area contributed by atoms with Crippen molar-refractivity contribution in [3.63, 3.8) is 0 Å². The molecule has 16 heavy (non-hydrogen) atoms. The van der Waals surface area contributed by atoms with Crippen molar-refractivity contribution in [2.24, 2.45) is 0 Å². The van der Waals surface area contributed by atoms with Crippen LogP contribution in [0.25, 0.3) is 22.4 Å². The number of nitrogens with zero attached hydrogens (tertiary/aromatic N) is 3. The molecule has 0 bridgehead atoms. The monoisotopic (exact) mass is 263 g/mol. The van der Waals surface area contributed by atoms with Gasteiger partial charge in [-0.05, 0) is 0 Å². The van der Waals surface area contributed by atoms with Crippen LogP contribution in [0.3, 0.4) is 0 Å². The third-order valence-electron chi connectivity index (χ3n) is 2.54. The zero-order valence-electron chi connectivity index (χ0n) is 8.54. The van der Waals surface area contributed by atoms with E-state index in [1.54, 1.807) is 0 Å². The Bertz CT molecular complexity index is 631. The normalized spacial score (nSPS) is 10.8. The van der Waals surface area contributed by atoms with Gasteiger partial charge in [-0.25, -0.2) is 0 Å². The number of fused-ring (bicyclic) bond motifs is 1. The Balaban J connectivity index is 2.29. The Labute approximate surface area is 103 Å². The predicted octanol–water partition coefficient (Wildman–Crippen LogP) is 2.03. The summed E-state index contributed by atoms with van der Waals surface area (Å²) in [6, 6.07) is 12.1. The van der Waals surface area contributed by atoms with Gasteiger partial charge < -0.3 is 0 Å². The van der Waals surface area contributed by atoms with Crippen LogP contribution in [0.5, 0.6) is 0 Å². The van der Waals surface area contributed by atoms with Gasteiger partial charge in [-0.1, -0.05) is 0 Å². The van der Waals surface area contributed by atoms with Crippen LogP contribution in [-0.2, 0) is 0 Å². The first-order valence-corrected chi connectivity index (χ1v) is 6.07. The van der Waals surface area contributed by atoms with E-state index >= 15 is 0 Å². The van der Waals surface area contributed by atoms with Gasteiger partial charge >= 0.3 is 103 Å². The van der Waals surface area contributed by atoms with E-state index in [9.17, 15) is 0 Å². The third-order valence-corrected chi connectivity index (χ3v) is 3.70. The SMILES string of the molecule is [Ga][n]1c(-c2ccccn2)cc2ncccc21. The van der Waals surface area contributed by atoms with Gasteiger partial charge in [-0.15, -0.1) is 0 Å². The molecule has 74 valence electrons. The molecule has 0 N–H and O–H groups in total. The summed E-state index contributed by atoms with van der Waals surface area (Å²) in [5.41, 5.74) is 4.29. The first-order chi connectivity index (χ1) is 7.86.